The molecule has 5 heteroatoms. The highest BCUT2D eigenvalue weighted by atomic mass is 16.5. The largest absolute Gasteiger partial charge is 0.508 e. The van der Waals surface area contributed by atoms with Crippen molar-refractivity contribution >= 4 is 5.97 Å². The molecule has 0 aliphatic carbocycles. The second-order valence-corrected chi connectivity index (χ2v) is 5.01. The predicted octanol–water partition coefficient (Wildman–Crippen LogP) is 1.49. The lowest BCUT2D eigenvalue weighted by Gasteiger charge is -2.36. The molecule has 2 atom stereocenters. The first-order chi connectivity index (χ1) is 9.65. The van der Waals surface area contributed by atoms with Crippen molar-refractivity contribution in [3.05, 3.63) is 29.8 Å². The van der Waals surface area contributed by atoms with Crippen LogP contribution in [0.4, 0.5) is 0 Å². The normalized spacial score (nSPS) is 23.0. The van der Waals surface area contributed by atoms with Crippen LogP contribution in [0.2, 0.25) is 0 Å². The zero-order valence-corrected chi connectivity index (χ0v) is 11.5. The molecule has 5 nitrogen and oxygen atoms in total. The van der Waals surface area contributed by atoms with E-state index >= 15 is 0 Å². The predicted molar refractivity (Wildman–Crippen MR) is 73.0 cm³/mol. The summed E-state index contributed by atoms with van der Waals surface area (Å²) in [4.78, 5) is 14.0. The van der Waals surface area contributed by atoms with Gasteiger partial charge in [-0.15, -0.1) is 0 Å². The molecule has 1 fully saturated rings. The molecule has 0 aromatic heterocycles. The maximum Gasteiger partial charge on any atom is 0.309 e. The number of carbonyl (C=O) groups excluding carboxylic acids is 1. The summed E-state index contributed by atoms with van der Waals surface area (Å²) in [6, 6.07) is 9.09. The Balaban J connectivity index is 2.26. The molecule has 106 valence electrons. The molecular weight excluding hydrogens is 256 g/mol. The van der Waals surface area contributed by atoms with Gasteiger partial charge in [-0.25, -0.2) is 0 Å². The van der Waals surface area contributed by atoms with Crippen molar-refractivity contribution < 1.29 is 14.6 Å². The Hall–Kier alpha value is -2.06. The number of phenolic OH excluding ortho intramolecular Hbond substituents is 1. The molecule has 1 aliphatic heterocycles. The lowest BCUT2D eigenvalue weighted by Crippen LogP contribution is -2.42. The van der Waals surface area contributed by atoms with Crippen molar-refractivity contribution in [1.82, 2.24) is 4.90 Å². The molecule has 0 amide bonds. The Kier molecular flexibility index (Phi) is 4.59. The fraction of sp³-hybridized carbons (Fsp3) is 0.467. The van der Waals surface area contributed by atoms with Gasteiger partial charge in [-0.3, -0.25) is 9.69 Å². The highest BCUT2D eigenvalue weighted by molar-refractivity contribution is 5.74. The maximum absolute atomic E-state index is 11.9. The van der Waals surface area contributed by atoms with Gasteiger partial charge >= 0.3 is 5.97 Å². The number of esters is 1. The number of likely N-dealkylation sites (tertiary alicyclic amines) is 1. The van der Waals surface area contributed by atoms with E-state index in [1.54, 1.807) is 18.2 Å². The fourth-order valence-corrected chi connectivity index (χ4v) is 2.79. The van der Waals surface area contributed by atoms with Gasteiger partial charge in [0.1, 0.15) is 5.75 Å². The van der Waals surface area contributed by atoms with E-state index in [-0.39, 0.29) is 23.6 Å². The van der Waals surface area contributed by atoms with Crippen molar-refractivity contribution in [2.24, 2.45) is 5.92 Å². The van der Waals surface area contributed by atoms with Gasteiger partial charge in [-0.05, 0) is 24.1 Å². The van der Waals surface area contributed by atoms with Crippen molar-refractivity contribution in [3.63, 3.8) is 0 Å². The molecule has 1 N–H and O–H groups in total. The van der Waals surface area contributed by atoms with Crippen LogP contribution < -0.4 is 0 Å². The molecule has 0 spiro atoms. The van der Waals surface area contributed by atoms with Crippen LogP contribution in [0.25, 0.3) is 0 Å². The van der Waals surface area contributed by atoms with Gasteiger partial charge in [-0.2, -0.15) is 5.26 Å². The first-order valence-electron chi connectivity index (χ1n) is 6.61. The molecule has 2 rings (SSSR count). The van der Waals surface area contributed by atoms with Crippen LogP contribution in [-0.2, 0) is 9.53 Å². The number of hydrogen-bond donors (Lipinski definition) is 1. The van der Waals surface area contributed by atoms with E-state index < -0.39 is 0 Å². The van der Waals surface area contributed by atoms with Crippen LogP contribution in [0.1, 0.15) is 17.9 Å². The van der Waals surface area contributed by atoms with Gasteiger partial charge in [0.2, 0.25) is 0 Å². The molecule has 20 heavy (non-hydrogen) atoms. The van der Waals surface area contributed by atoms with Gasteiger partial charge in [-0.1, -0.05) is 12.1 Å². The molecule has 0 radical (unpaired) electrons. The topological polar surface area (TPSA) is 73.6 Å². The Labute approximate surface area is 118 Å². The average Bonchev–Trinajstić information content (AvgIpc) is 2.47. The number of nitrogens with zero attached hydrogens (tertiary/aromatic N) is 2. The van der Waals surface area contributed by atoms with Crippen molar-refractivity contribution in [1.29, 1.82) is 5.26 Å². The number of benzene rings is 1. The molecule has 1 aliphatic rings. The number of aromatic hydroxyl groups is 1. The van der Waals surface area contributed by atoms with Crippen LogP contribution in [0, 0.1) is 17.2 Å². The van der Waals surface area contributed by atoms with Crippen molar-refractivity contribution in [2.45, 2.75) is 12.3 Å². The summed E-state index contributed by atoms with van der Waals surface area (Å²) in [5.41, 5.74) is 0.906. The third kappa shape index (κ3) is 3.09. The van der Waals surface area contributed by atoms with Gasteiger partial charge in [0.05, 0.1) is 25.6 Å². The standard InChI is InChI=1S/C15H18N2O3/c1-20-15(19)13-5-7-17(8-6-16)10-14(13)11-3-2-4-12(18)9-11/h2-4,9,13-14,18H,5,7-8,10H2,1H3. The summed E-state index contributed by atoms with van der Waals surface area (Å²) in [7, 11) is 1.39. The number of hydrogen-bond acceptors (Lipinski definition) is 5. The summed E-state index contributed by atoms with van der Waals surface area (Å²) in [6.07, 6.45) is 0.661. The summed E-state index contributed by atoms with van der Waals surface area (Å²) < 4.78 is 4.88. The summed E-state index contributed by atoms with van der Waals surface area (Å²) in [5, 5.41) is 18.4. The number of methoxy groups -OCH3 is 1. The van der Waals surface area contributed by atoms with Gasteiger partial charge in [0.15, 0.2) is 0 Å². The molecule has 1 heterocycles. The quantitative estimate of drug-likeness (QED) is 0.668. The third-order valence-electron chi connectivity index (χ3n) is 3.79. The first kappa shape index (κ1) is 14.4. The van der Waals surface area contributed by atoms with Crippen LogP contribution in [0.15, 0.2) is 24.3 Å². The lowest BCUT2D eigenvalue weighted by molar-refractivity contribution is -0.147. The van der Waals surface area contributed by atoms with E-state index in [1.807, 2.05) is 11.0 Å². The van der Waals surface area contributed by atoms with Gasteiger partial charge < -0.3 is 9.84 Å². The minimum Gasteiger partial charge on any atom is -0.508 e. The highest BCUT2D eigenvalue weighted by Crippen LogP contribution is 2.34. The second-order valence-electron chi connectivity index (χ2n) is 5.01. The molecule has 0 bridgehead atoms. The first-order valence-corrected chi connectivity index (χ1v) is 6.61. The average molecular weight is 274 g/mol. The molecule has 1 saturated heterocycles. The van der Waals surface area contributed by atoms with Crippen LogP contribution in [-0.4, -0.2) is 42.7 Å². The van der Waals surface area contributed by atoms with Crippen LogP contribution in [0.5, 0.6) is 5.75 Å². The Bertz CT molecular complexity index is 524. The lowest BCUT2D eigenvalue weighted by atomic mass is 9.80. The van der Waals surface area contributed by atoms with Crippen molar-refractivity contribution in [3.8, 4) is 11.8 Å². The fourth-order valence-electron chi connectivity index (χ4n) is 2.79. The Morgan fingerprint density at radius 3 is 3.05 bits per heavy atom. The smallest absolute Gasteiger partial charge is 0.309 e. The Morgan fingerprint density at radius 2 is 2.40 bits per heavy atom. The molecule has 1 aromatic carbocycles. The Morgan fingerprint density at radius 1 is 1.60 bits per heavy atom. The maximum atomic E-state index is 11.9. The number of nitriles is 1. The molecule has 1 aromatic rings. The molecule has 2 unspecified atom stereocenters. The van der Waals surface area contributed by atoms with E-state index in [0.29, 0.717) is 26.1 Å². The second kappa shape index (κ2) is 6.40. The zero-order valence-electron chi connectivity index (χ0n) is 11.5. The molecular formula is C15H18N2O3. The third-order valence-corrected chi connectivity index (χ3v) is 3.79. The van der Waals surface area contributed by atoms with E-state index in [2.05, 4.69) is 6.07 Å². The number of carbonyl (C=O) groups is 1. The number of phenols is 1. The van der Waals surface area contributed by atoms with Crippen molar-refractivity contribution in [2.75, 3.05) is 26.7 Å². The highest BCUT2D eigenvalue weighted by Gasteiger charge is 2.35. The number of ether oxygens (including phenoxy) is 1. The van der Waals surface area contributed by atoms with E-state index in [9.17, 15) is 9.90 Å². The molecule has 0 saturated carbocycles. The minimum atomic E-state index is -0.227. The zero-order chi connectivity index (χ0) is 14.5. The minimum absolute atomic E-state index is 0.0587. The number of piperidine rings is 1. The SMILES string of the molecule is COC(=O)C1CCN(CC#N)CC1c1cccc(O)c1. The van der Waals surface area contributed by atoms with E-state index in [0.717, 1.165) is 5.56 Å². The van der Waals surface area contributed by atoms with E-state index in [4.69, 9.17) is 10.00 Å². The van der Waals surface area contributed by atoms with Crippen LogP contribution >= 0.6 is 0 Å². The summed E-state index contributed by atoms with van der Waals surface area (Å²) in [6.45, 7) is 1.68. The monoisotopic (exact) mass is 274 g/mol. The van der Waals surface area contributed by atoms with Crippen LogP contribution in [0.3, 0.4) is 0 Å². The van der Waals surface area contributed by atoms with Gasteiger partial charge in [0.25, 0.3) is 0 Å². The summed E-state index contributed by atoms with van der Waals surface area (Å²) >= 11 is 0. The van der Waals surface area contributed by atoms with Gasteiger partial charge in [0, 0.05) is 19.0 Å². The van der Waals surface area contributed by atoms with E-state index in [1.165, 1.54) is 7.11 Å². The summed E-state index contributed by atoms with van der Waals surface area (Å²) in [5.74, 6) is -0.327. The number of rotatable bonds is 3.